The first-order chi connectivity index (χ1) is 8.95. The summed E-state index contributed by atoms with van der Waals surface area (Å²) in [7, 11) is -3.80. The van der Waals surface area contributed by atoms with Gasteiger partial charge in [0.2, 0.25) is 10.0 Å². The Morgan fingerprint density at radius 2 is 1.89 bits per heavy atom. The first kappa shape index (κ1) is 14.7. The van der Waals surface area contributed by atoms with Gasteiger partial charge < -0.3 is 4.90 Å². The molecule has 0 unspecified atom stereocenters. The molecule has 0 spiro atoms. The molecule has 19 heavy (non-hydrogen) atoms. The first-order valence-corrected chi connectivity index (χ1v) is 7.94. The van der Waals surface area contributed by atoms with E-state index in [2.05, 4.69) is 4.90 Å². The highest BCUT2D eigenvalue weighted by atomic mass is 35.5. The Bertz CT molecular complexity index is 557. The van der Waals surface area contributed by atoms with Gasteiger partial charge in [-0.2, -0.15) is 4.31 Å². The van der Waals surface area contributed by atoms with Crippen molar-refractivity contribution in [1.29, 1.82) is 0 Å². The van der Waals surface area contributed by atoms with Crippen LogP contribution in [0.25, 0.3) is 0 Å². The zero-order valence-electron chi connectivity index (χ0n) is 10.6. The lowest BCUT2D eigenvalue weighted by molar-refractivity contribution is 0.196. The second-order valence-corrected chi connectivity index (χ2v) is 6.76. The minimum absolute atomic E-state index is 0.215. The van der Waals surface area contributed by atoms with Crippen LogP contribution in [0.1, 0.15) is 6.92 Å². The molecule has 0 N–H and O–H groups in total. The molecule has 0 radical (unpaired) electrons. The Morgan fingerprint density at radius 3 is 2.47 bits per heavy atom. The smallest absolute Gasteiger partial charge is 0.246 e. The third kappa shape index (κ3) is 3.08. The Morgan fingerprint density at radius 1 is 1.26 bits per heavy atom. The van der Waals surface area contributed by atoms with Crippen LogP contribution in [0.2, 0.25) is 5.02 Å². The zero-order valence-corrected chi connectivity index (χ0v) is 12.2. The van der Waals surface area contributed by atoms with E-state index in [-0.39, 0.29) is 9.92 Å². The van der Waals surface area contributed by atoms with E-state index in [1.54, 1.807) is 0 Å². The molecule has 1 saturated heterocycles. The molecule has 0 aromatic heterocycles. The van der Waals surface area contributed by atoms with Crippen molar-refractivity contribution in [3.8, 4) is 0 Å². The molecule has 1 heterocycles. The average molecular weight is 307 g/mol. The minimum Gasteiger partial charge on any atom is -0.301 e. The third-order valence-electron chi connectivity index (χ3n) is 3.29. The molecular weight excluding hydrogens is 291 g/mol. The van der Waals surface area contributed by atoms with Crippen LogP contribution >= 0.6 is 11.6 Å². The maximum absolute atomic E-state index is 13.7. The molecule has 0 bridgehead atoms. The van der Waals surface area contributed by atoms with Gasteiger partial charge in [-0.25, -0.2) is 12.8 Å². The van der Waals surface area contributed by atoms with Crippen molar-refractivity contribution < 1.29 is 12.8 Å². The van der Waals surface area contributed by atoms with Crippen molar-refractivity contribution >= 4 is 21.6 Å². The van der Waals surface area contributed by atoms with Gasteiger partial charge in [0.15, 0.2) is 0 Å². The summed E-state index contributed by atoms with van der Waals surface area (Å²) in [6.45, 7) is 5.00. The van der Waals surface area contributed by atoms with Crippen molar-refractivity contribution in [1.82, 2.24) is 9.21 Å². The molecule has 1 aromatic carbocycles. The summed E-state index contributed by atoms with van der Waals surface area (Å²) in [4.78, 5) is 1.81. The quantitative estimate of drug-likeness (QED) is 0.855. The number of sulfonamides is 1. The number of nitrogens with zero attached hydrogens (tertiary/aromatic N) is 2. The van der Waals surface area contributed by atoms with Crippen LogP contribution in [-0.4, -0.2) is 50.3 Å². The van der Waals surface area contributed by atoms with Gasteiger partial charge in [-0.1, -0.05) is 18.5 Å². The van der Waals surface area contributed by atoms with Crippen LogP contribution in [0.15, 0.2) is 23.1 Å². The van der Waals surface area contributed by atoms with Crippen LogP contribution in [0.4, 0.5) is 4.39 Å². The van der Waals surface area contributed by atoms with Gasteiger partial charge in [0.25, 0.3) is 0 Å². The van der Waals surface area contributed by atoms with Gasteiger partial charge in [-0.15, -0.1) is 0 Å². The summed E-state index contributed by atoms with van der Waals surface area (Å²) in [5, 5.41) is 0.215. The lowest BCUT2D eigenvalue weighted by atomic mass is 10.3. The van der Waals surface area contributed by atoms with E-state index in [9.17, 15) is 12.8 Å². The standard InChI is InChI=1S/C12H16ClFN2O2S/c1-2-15-5-7-16(8-6-15)19(17,18)12-9-10(13)3-4-11(12)14/h3-4,9H,2,5-8H2,1H3. The summed E-state index contributed by atoms with van der Waals surface area (Å²) in [5.41, 5.74) is 0. The van der Waals surface area contributed by atoms with E-state index in [4.69, 9.17) is 11.6 Å². The average Bonchev–Trinajstić information content (AvgIpc) is 2.41. The van der Waals surface area contributed by atoms with E-state index < -0.39 is 15.8 Å². The van der Waals surface area contributed by atoms with Gasteiger partial charge in [0.05, 0.1) is 0 Å². The maximum atomic E-state index is 13.7. The topological polar surface area (TPSA) is 40.6 Å². The molecule has 0 aliphatic carbocycles. The highest BCUT2D eigenvalue weighted by Crippen LogP contribution is 2.23. The van der Waals surface area contributed by atoms with Gasteiger partial charge in [-0.05, 0) is 24.7 Å². The van der Waals surface area contributed by atoms with Gasteiger partial charge in [0.1, 0.15) is 10.7 Å². The lowest BCUT2D eigenvalue weighted by Gasteiger charge is -2.33. The van der Waals surface area contributed by atoms with E-state index in [0.29, 0.717) is 26.2 Å². The number of piperazine rings is 1. The highest BCUT2D eigenvalue weighted by molar-refractivity contribution is 7.89. The first-order valence-electron chi connectivity index (χ1n) is 6.12. The summed E-state index contributed by atoms with van der Waals surface area (Å²) < 4.78 is 39.7. The van der Waals surface area contributed by atoms with Crippen molar-refractivity contribution in [2.75, 3.05) is 32.7 Å². The van der Waals surface area contributed by atoms with E-state index in [1.165, 1.54) is 16.4 Å². The van der Waals surface area contributed by atoms with Crippen molar-refractivity contribution in [3.05, 3.63) is 29.0 Å². The lowest BCUT2D eigenvalue weighted by Crippen LogP contribution is -2.48. The number of rotatable bonds is 3. The predicted octanol–water partition coefficient (Wildman–Crippen LogP) is 1.81. The van der Waals surface area contributed by atoms with Crippen molar-refractivity contribution in [2.45, 2.75) is 11.8 Å². The van der Waals surface area contributed by atoms with Crippen molar-refractivity contribution in [2.24, 2.45) is 0 Å². The van der Waals surface area contributed by atoms with Gasteiger partial charge in [-0.3, -0.25) is 0 Å². The Hall–Kier alpha value is -0.690. The fourth-order valence-electron chi connectivity index (χ4n) is 2.10. The van der Waals surface area contributed by atoms with E-state index in [0.717, 1.165) is 12.6 Å². The Labute approximate surface area is 117 Å². The van der Waals surface area contributed by atoms with Crippen LogP contribution in [0.5, 0.6) is 0 Å². The molecule has 1 aliphatic heterocycles. The van der Waals surface area contributed by atoms with E-state index >= 15 is 0 Å². The molecule has 4 nitrogen and oxygen atoms in total. The highest BCUT2D eigenvalue weighted by Gasteiger charge is 2.30. The largest absolute Gasteiger partial charge is 0.301 e. The number of hydrogen-bond acceptors (Lipinski definition) is 3. The molecule has 1 aromatic rings. The molecule has 1 fully saturated rings. The Kier molecular flexibility index (Phi) is 4.45. The fraction of sp³-hybridized carbons (Fsp3) is 0.500. The second-order valence-electron chi connectivity index (χ2n) is 4.41. The van der Waals surface area contributed by atoms with Crippen molar-refractivity contribution in [3.63, 3.8) is 0 Å². The number of halogens is 2. The molecule has 7 heteroatoms. The summed E-state index contributed by atoms with van der Waals surface area (Å²) in [5.74, 6) is -0.762. The van der Waals surface area contributed by atoms with E-state index in [1.807, 2.05) is 6.92 Å². The number of likely N-dealkylation sites (N-methyl/N-ethyl adjacent to an activating group) is 1. The second kappa shape index (κ2) is 5.75. The van der Waals surface area contributed by atoms with Crippen LogP contribution in [-0.2, 0) is 10.0 Å². The van der Waals surface area contributed by atoms with Gasteiger partial charge in [0, 0.05) is 31.2 Å². The zero-order chi connectivity index (χ0) is 14.0. The fourth-order valence-corrected chi connectivity index (χ4v) is 3.85. The van der Waals surface area contributed by atoms with Crippen LogP contribution < -0.4 is 0 Å². The summed E-state index contributed by atoms with van der Waals surface area (Å²) in [6, 6.07) is 3.58. The molecular formula is C12H16ClFN2O2S. The number of hydrogen-bond donors (Lipinski definition) is 0. The minimum atomic E-state index is -3.80. The molecule has 106 valence electrons. The molecule has 0 saturated carbocycles. The maximum Gasteiger partial charge on any atom is 0.246 e. The number of benzene rings is 1. The van der Waals surface area contributed by atoms with Gasteiger partial charge >= 0.3 is 0 Å². The molecule has 0 amide bonds. The van der Waals surface area contributed by atoms with Crippen LogP contribution in [0, 0.1) is 5.82 Å². The summed E-state index contributed by atoms with van der Waals surface area (Å²) >= 11 is 5.75. The van der Waals surface area contributed by atoms with Crippen LogP contribution in [0.3, 0.4) is 0 Å². The molecule has 2 rings (SSSR count). The predicted molar refractivity (Wildman–Crippen MR) is 72.3 cm³/mol. The molecule has 1 aliphatic rings. The molecule has 0 atom stereocenters. The summed E-state index contributed by atoms with van der Waals surface area (Å²) in [6.07, 6.45) is 0. The monoisotopic (exact) mass is 306 g/mol. The normalized spacial score (nSPS) is 18.7. The SMILES string of the molecule is CCN1CCN(S(=O)(=O)c2cc(Cl)ccc2F)CC1. The third-order valence-corrected chi connectivity index (χ3v) is 5.44. The Balaban J connectivity index is 2.26.